The molecule has 0 bridgehead atoms. The van der Waals surface area contributed by atoms with Crippen molar-refractivity contribution in [1.82, 2.24) is 15.1 Å². The van der Waals surface area contributed by atoms with Gasteiger partial charge in [-0.1, -0.05) is 61.8 Å². The molecular weight excluding hydrogens is 414 g/mol. The van der Waals surface area contributed by atoms with Crippen molar-refractivity contribution in [3.05, 3.63) is 70.2 Å². The van der Waals surface area contributed by atoms with Gasteiger partial charge in [0.15, 0.2) is 0 Å². The van der Waals surface area contributed by atoms with Gasteiger partial charge in [0, 0.05) is 43.3 Å². The summed E-state index contributed by atoms with van der Waals surface area (Å²) in [5, 5.41) is 4.38. The minimum atomic E-state index is 0.485. The molecule has 1 aliphatic carbocycles. The van der Waals surface area contributed by atoms with Crippen LogP contribution in [-0.2, 0) is 6.54 Å². The van der Waals surface area contributed by atoms with Crippen LogP contribution < -0.4 is 5.32 Å². The van der Waals surface area contributed by atoms with E-state index >= 15 is 0 Å². The van der Waals surface area contributed by atoms with Crippen LogP contribution in [0.3, 0.4) is 0 Å². The molecule has 2 aromatic rings. The molecule has 2 saturated heterocycles. The second kappa shape index (κ2) is 9.46. The Kier molecular flexibility index (Phi) is 6.63. The maximum atomic E-state index is 6.12. The van der Waals surface area contributed by atoms with Crippen molar-refractivity contribution in [3.8, 4) is 0 Å². The lowest BCUT2D eigenvalue weighted by Gasteiger charge is -2.57. The Bertz CT molecular complexity index is 895. The fourth-order valence-electron chi connectivity index (χ4n) is 6.44. The number of hydrogen-bond acceptors (Lipinski definition) is 3. The molecule has 0 unspecified atom stereocenters. The third-order valence-corrected chi connectivity index (χ3v) is 8.52. The minimum Gasteiger partial charge on any atom is -0.317 e. The van der Waals surface area contributed by atoms with E-state index in [4.69, 9.17) is 11.6 Å². The zero-order valence-electron chi connectivity index (χ0n) is 19.7. The van der Waals surface area contributed by atoms with E-state index in [1.54, 1.807) is 5.56 Å². The maximum Gasteiger partial charge on any atom is 0.0481 e. The first kappa shape index (κ1) is 22.4. The Labute approximate surface area is 199 Å². The summed E-state index contributed by atoms with van der Waals surface area (Å²) in [7, 11) is 0. The summed E-state index contributed by atoms with van der Waals surface area (Å²) >= 11 is 6.12. The number of piperazine rings is 1. The van der Waals surface area contributed by atoms with Gasteiger partial charge in [0.2, 0.25) is 0 Å². The third kappa shape index (κ3) is 4.63. The van der Waals surface area contributed by atoms with Crippen molar-refractivity contribution in [2.45, 2.75) is 64.1 Å². The lowest BCUT2D eigenvalue weighted by Crippen LogP contribution is -2.59. The van der Waals surface area contributed by atoms with Crippen LogP contribution in [0.1, 0.15) is 68.2 Å². The number of nitrogens with zero attached hydrogens (tertiary/aromatic N) is 2. The zero-order valence-corrected chi connectivity index (χ0v) is 20.5. The quantitative estimate of drug-likeness (QED) is 0.614. The summed E-state index contributed by atoms with van der Waals surface area (Å²) in [6, 6.07) is 18.8. The molecule has 172 valence electrons. The van der Waals surface area contributed by atoms with Crippen molar-refractivity contribution in [3.63, 3.8) is 0 Å². The van der Waals surface area contributed by atoms with Gasteiger partial charge in [-0.25, -0.2) is 0 Å². The largest absolute Gasteiger partial charge is 0.317 e. The summed E-state index contributed by atoms with van der Waals surface area (Å²) in [5.74, 6) is 0.553. The summed E-state index contributed by atoms with van der Waals surface area (Å²) in [6.07, 6.45) is 5.53. The Morgan fingerprint density at radius 3 is 2.44 bits per heavy atom. The van der Waals surface area contributed by atoms with E-state index in [2.05, 4.69) is 65.4 Å². The summed E-state index contributed by atoms with van der Waals surface area (Å²) in [4.78, 5) is 5.54. The highest BCUT2D eigenvalue weighted by Gasteiger charge is 2.49. The molecule has 0 aromatic heterocycles. The van der Waals surface area contributed by atoms with E-state index in [9.17, 15) is 0 Å². The van der Waals surface area contributed by atoms with Crippen LogP contribution in [0.15, 0.2) is 48.5 Å². The second-order valence-electron chi connectivity index (χ2n) is 10.7. The van der Waals surface area contributed by atoms with Crippen molar-refractivity contribution in [2.75, 3.05) is 32.7 Å². The maximum absolute atomic E-state index is 6.12. The van der Waals surface area contributed by atoms with Gasteiger partial charge in [0.05, 0.1) is 0 Å². The molecule has 0 amide bonds. The molecule has 2 heterocycles. The van der Waals surface area contributed by atoms with E-state index < -0.39 is 0 Å². The zero-order chi connectivity index (χ0) is 22.1. The fourth-order valence-corrected chi connectivity index (χ4v) is 6.57. The van der Waals surface area contributed by atoms with Crippen LogP contribution in [-0.4, -0.2) is 48.6 Å². The predicted molar refractivity (Wildman–Crippen MR) is 134 cm³/mol. The van der Waals surface area contributed by atoms with Crippen molar-refractivity contribution in [1.29, 1.82) is 0 Å². The number of benzene rings is 2. The smallest absolute Gasteiger partial charge is 0.0481 e. The van der Waals surface area contributed by atoms with Gasteiger partial charge in [-0.05, 0) is 78.9 Å². The molecule has 0 radical (unpaired) electrons. The van der Waals surface area contributed by atoms with Crippen molar-refractivity contribution in [2.24, 2.45) is 5.41 Å². The Morgan fingerprint density at radius 1 is 1.00 bits per heavy atom. The Hall–Kier alpha value is -1.39. The van der Waals surface area contributed by atoms with Gasteiger partial charge in [0.1, 0.15) is 0 Å². The molecule has 1 spiro atoms. The molecule has 1 N–H and O–H groups in total. The average Bonchev–Trinajstić information content (AvgIpc) is 2.79. The number of piperidine rings is 1. The van der Waals surface area contributed by atoms with E-state index in [0.717, 1.165) is 30.7 Å². The monoisotopic (exact) mass is 451 g/mol. The van der Waals surface area contributed by atoms with Crippen LogP contribution in [0.4, 0.5) is 0 Å². The second-order valence-corrected chi connectivity index (χ2v) is 11.1. The van der Waals surface area contributed by atoms with Gasteiger partial charge in [0.25, 0.3) is 0 Å². The Balaban J connectivity index is 1.36. The number of nitrogens with one attached hydrogen (secondary N) is 1. The van der Waals surface area contributed by atoms with E-state index in [-0.39, 0.29) is 0 Å². The van der Waals surface area contributed by atoms with Crippen molar-refractivity contribution >= 4 is 11.6 Å². The molecule has 32 heavy (non-hydrogen) atoms. The SMILES string of the molecule is CC(C)c1ccccc1[C@@H]1CN(Cc2ccc(Cl)cc2)CCN1C1CC2(CCNCC2)C1. The highest BCUT2D eigenvalue weighted by atomic mass is 35.5. The van der Waals surface area contributed by atoms with Crippen LogP contribution in [0, 0.1) is 5.41 Å². The van der Waals surface area contributed by atoms with E-state index in [1.165, 1.54) is 56.4 Å². The molecule has 5 rings (SSSR count). The lowest BCUT2D eigenvalue weighted by atomic mass is 9.60. The number of rotatable bonds is 5. The van der Waals surface area contributed by atoms with Gasteiger partial charge in [-0.3, -0.25) is 9.80 Å². The molecular formula is C28H38ClN3. The third-order valence-electron chi connectivity index (χ3n) is 8.27. The predicted octanol–water partition coefficient (Wildman–Crippen LogP) is 5.85. The summed E-state index contributed by atoms with van der Waals surface area (Å²) < 4.78 is 0. The van der Waals surface area contributed by atoms with E-state index in [1.807, 2.05) is 12.1 Å². The molecule has 3 fully saturated rings. The molecule has 3 nitrogen and oxygen atoms in total. The fraction of sp³-hybridized carbons (Fsp3) is 0.571. The Morgan fingerprint density at radius 2 is 1.72 bits per heavy atom. The first-order valence-corrected chi connectivity index (χ1v) is 12.9. The first-order valence-electron chi connectivity index (χ1n) is 12.6. The molecule has 1 atom stereocenters. The van der Waals surface area contributed by atoms with Crippen LogP contribution >= 0.6 is 11.6 Å². The standard InChI is InChI=1S/C28H38ClN3/c1-21(2)25-5-3-4-6-26(25)27-20-31(19-22-7-9-23(29)10-8-22)15-16-32(27)24-17-28(18-24)11-13-30-14-12-28/h3-10,21,24,27,30H,11-20H2,1-2H3/t27-/m0/s1. The van der Waals surface area contributed by atoms with Gasteiger partial charge in [-0.15, -0.1) is 0 Å². The average molecular weight is 452 g/mol. The molecule has 2 aliphatic heterocycles. The highest BCUT2D eigenvalue weighted by Crippen LogP contribution is 2.52. The first-order chi connectivity index (χ1) is 15.5. The lowest BCUT2D eigenvalue weighted by molar-refractivity contribution is -0.0650. The van der Waals surface area contributed by atoms with Crippen molar-refractivity contribution < 1.29 is 0 Å². The summed E-state index contributed by atoms with van der Waals surface area (Å²) in [6.45, 7) is 11.5. The molecule has 4 heteroatoms. The minimum absolute atomic E-state index is 0.485. The van der Waals surface area contributed by atoms with Crippen LogP contribution in [0.2, 0.25) is 5.02 Å². The van der Waals surface area contributed by atoms with Gasteiger partial charge in [-0.2, -0.15) is 0 Å². The van der Waals surface area contributed by atoms with E-state index in [0.29, 0.717) is 17.4 Å². The highest BCUT2D eigenvalue weighted by molar-refractivity contribution is 6.30. The number of halogens is 1. The molecule has 2 aromatic carbocycles. The number of hydrogen-bond donors (Lipinski definition) is 1. The molecule has 3 aliphatic rings. The normalized spacial score (nSPS) is 24.7. The summed E-state index contributed by atoms with van der Waals surface area (Å²) in [5.41, 5.74) is 5.05. The van der Waals surface area contributed by atoms with Crippen LogP contribution in [0.25, 0.3) is 0 Å². The van der Waals surface area contributed by atoms with Gasteiger partial charge < -0.3 is 5.32 Å². The van der Waals surface area contributed by atoms with Crippen LogP contribution in [0.5, 0.6) is 0 Å². The molecule has 1 saturated carbocycles. The van der Waals surface area contributed by atoms with Gasteiger partial charge >= 0.3 is 0 Å². The topological polar surface area (TPSA) is 18.5 Å².